The fraction of sp³-hybridized carbons (Fsp3) is 0.154. The second kappa shape index (κ2) is 6.01. The van der Waals surface area contributed by atoms with Crippen molar-refractivity contribution in [2.45, 2.75) is 12.8 Å². The quantitative estimate of drug-likeness (QED) is 0.706. The number of rotatable bonds is 3. The zero-order valence-corrected chi connectivity index (χ0v) is 12.3. The molecule has 0 amide bonds. The van der Waals surface area contributed by atoms with Gasteiger partial charge < -0.3 is 4.74 Å². The number of nitrogens with zero attached hydrogens (tertiary/aromatic N) is 1. The van der Waals surface area contributed by atoms with Crippen LogP contribution in [0.5, 0.6) is 5.88 Å². The van der Waals surface area contributed by atoms with Crippen molar-refractivity contribution >= 4 is 27.5 Å². The molecule has 1 aromatic carbocycles. The molecule has 2 nitrogen and oxygen atoms in total. The molecule has 0 saturated carbocycles. The van der Waals surface area contributed by atoms with Crippen LogP contribution in [-0.4, -0.2) is 4.98 Å². The molecular formula is C13H8BrClF3NO. The van der Waals surface area contributed by atoms with E-state index in [1.165, 1.54) is 0 Å². The molecule has 0 aliphatic carbocycles. The van der Waals surface area contributed by atoms with Gasteiger partial charge in [0.25, 0.3) is 0 Å². The molecule has 0 bridgehead atoms. The second-order valence-corrected chi connectivity index (χ2v) is 5.14. The van der Waals surface area contributed by atoms with E-state index in [2.05, 4.69) is 20.9 Å². The Morgan fingerprint density at radius 2 is 1.90 bits per heavy atom. The molecule has 1 heterocycles. The van der Waals surface area contributed by atoms with Crippen LogP contribution in [0.4, 0.5) is 13.2 Å². The minimum Gasteiger partial charge on any atom is -0.473 e. The van der Waals surface area contributed by atoms with Crippen LogP contribution in [0.2, 0.25) is 5.15 Å². The summed E-state index contributed by atoms with van der Waals surface area (Å²) in [6, 6.07) is 8.81. The number of pyridine rings is 1. The lowest BCUT2D eigenvalue weighted by atomic mass is 10.2. The maximum atomic E-state index is 12.6. The number of aromatic nitrogens is 1. The lowest BCUT2D eigenvalue weighted by Crippen LogP contribution is -2.07. The smallest absolute Gasteiger partial charge is 0.416 e. The number of benzene rings is 1. The summed E-state index contributed by atoms with van der Waals surface area (Å²) in [5.74, 6) is -0.166. The average molecular weight is 367 g/mol. The van der Waals surface area contributed by atoms with Crippen molar-refractivity contribution in [2.75, 3.05) is 0 Å². The number of hydrogen-bond donors (Lipinski definition) is 0. The zero-order valence-electron chi connectivity index (χ0n) is 9.92. The molecule has 0 spiro atoms. The van der Waals surface area contributed by atoms with E-state index in [9.17, 15) is 13.2 Å². The van der Waals surface area contributed by atoms with Gasteiger partial charge in [0.2, 0.25) is 5.88 Å². The van der Waals surface area contributed by atoms with Gasteiger partial charge in [-0.05, 0) is 12.1 Å². The van der Waals surface area contributed by atoms with Crippen LogP contribution in [0, 0.1) is 0 Å². The number of alkyl halides is 3. The normalized spacial score (nSPS) is 11.4. The SMILES string of the molecule is FC(F)(F)c1cc(Cl)nc(OCc2ccccc2Br)c1. The first kappa shape index (κ1) is 15.1. The third-order valence-corrected chi connectivity index (χ3v) is 3.40. The van der Waals surface area contributed by atoms with E-state index in [1.54, 1.807) is 12.1 Å². The molecular weight excluding hydrogens is 358 g/mol. The molecule has 0 aliphatic heterocycles. The van der Waals surface area contributed by atoms with Crippen molar-refractivity contribution < 1.29 is 17.9 Å². The fourth-order valence-electron chi connectivity index (χ4n) is 1.48. The first-order valence-corrected chi connectivity index (χ1v) is 6.64. The summed E-state index contributed by atoms with van der Waals surface area (Å²) in [5.41, 5.74) is -0.0949. The Hall–Kier alpha value is -1.27. The van der Waals surface area contributed by atoms with Crippen molar-refractivity contribution in [1.82, 2.24) is 4.98 Å². The van der Waals surface area contributed by atoms with Gasteiger partial charge >= 0.3 is 6.18 Å². The molecule has 0 radical (unpaired) electrons. The van der Waals surface area contributed by atoms with Gasteiger partial charge in [0.15, 0.2) is 0 Å². The van der Waals surface area contributed by atoms with Gasteiger partial charge in [-0.2, -0.15) is 13.2 Å². The molecule has 2 aromatic rings. The highest BCUT2D eigenvalue weighted by atomic mass is 79.9. The van der Waals surface area contributed by atoms with Gasteiger partial charge in [-0.3, -0.25) is 0 Å². The first-order chi connectivity index (χ1) is 9.36. The topological polar surface area (TPSA) is 22.1 Å². The predicted octanol–water partition coefficient (Wildman–Crippen LogP) is 5.10. The summed E-state index contributed by atoms with van der Waals surface area (Å²) in [6.07, 6.45) is -4.49. The summed E-state index contributed by atoms with van der Waals surface area (Å²) in [7, 11) is 0. The maximum Gasteiger partial charge on any atom is 0.416 e. The van der Waals surface area contributed by atoms with Gasteiger partial charge in [-0.15, -0.1) is 0 Å². The van der Waals surface area contributed by atoms with Gasteiger partial charge in [-0.1, -0.05) is 45.7 Å². The number of hydrogen-bond acceptors (Lipinski definition) is 2. The van der Waals surface area contributed by atoms with E-state index in [-0.39, 0.29) is 17.6 Å². The Balaban J connectivity index is 2.18. The standard InChI is InChI=1S/C13H8BrClF3NO/c14-10-4-2-1-3-8(10)7-20-12-6-9(13(16,17)18)5-11(15)19-12/h1-6H,7H2. The average Bonchev–Trinajstić information content (AvgIpc) is 2.36. The Labute approximate surface area is 126 Å². The summed E-state index contributed by atoms with van der Waals surface area (Å²) in [6.45, 7) is 0.0893. The van der Waals surface area contributed by atoms with Crippen LogP contribution >= 0.6 is 27.5 Å². The highest BCUT2D eigenvalue weighted by molar-refractivity contribution is 9.10. The van der Waals surface area contributed by atoms with Crippen molar-refractivity contribution in [3.63, 3.8) is 0 Å². The molecule has 2 rings (SSSR count). The van der Waals surface area contributed by atoms with Crippen molar-refractivity contribution in [2.24, 2.45) is 0 Å². The molecule has 106 valence electrons. The van der Waals surface area contributed by atoms with E-state index in [0.717, 1.165) is 22.2 Å². The second-order valence-electron chi connectivity index (χ2n) is 3.89. The molecule has 0 fully saturated rings. The maximum absolute atomic E-state index is 12.6. The molecule has 1 aromatic heterocycles. The molecule has 0 atom stereocenters. The van der Waals surface area contributed by atoms with Crippen LogP contribution in [0.25, 0.3) is 0 Å². The van der Waals surface area contributed by atoms with Crippen LogP contribution in [0.15, 0.2) is 40.9 Å². The first-order valence-electron chi connectivity index (χ1n) is 5.47. The highest BCUT2D eigenvalue weighted by Gasteiger charge is 2.31. The Bertz CT molecular complexity index is 619. The molecule has 0 aliphatic rings. The van der Waals surface area contributed by atoms with E-state index >= 15 is 0 Å². The number of ether oxygens (including phenoxy) is 1. The molecule has 7 heteroatoms. The van der Waals surface area contributed by atoms with Gasteiger partial charge in [0, 0.05) is 16.1 Å². The third-order valence-electron chi connectivity index (χ3n) is 2.43. The van der Waals surface area contributed by atoms with Gasteiger partial charge in [-0.25, -0.2) is 4.98 Å². The predicted molar refractivity (Wildman–Crippen MR) is 72.7 cm³/mol. The molecule has 0 saturated heterocycles. The summed E-state index contributed by atoms with van der Waals surface area (Å²) in [4.78, 5) is 3.72. The van der Waals surface area contributed by atoms with Gasteiger partial charge in [0.1, 0.15) is 11.8 Å². The van der Waals surface area contributed by atoms with Crippen LogP contribution in [-0.2, 0) is 12.8 Å². The van der Waals surface area contributed by atoms with Crippen LogP contribution in [0.1, 0.15) is 11.1 Å². The molecule has 20 heavy (non-hydrogen) atoms. The van der Waals surface area contributed by atoms with Crippen molar-refractivity contribution in [1.29, 1.82) is 0 Å². The summed E-state index contributed by atoms with van der Waals surface area (Å²) >= 11 is 8.89. The Morgan fingerprint density at radius 1 is 1.20 bits per heavy atom. The Kier molecular flexibility index (Phi) is 4.55. The fourth-order valence-corrected chi connectivity index (χ4v) is 2.08. The van der Waals surface area contributed by atoms with Crippen LogP contribution < -0.4 is 4.74 Å². The number of halogens is 5. The van der Waals surface area contributed by atoms with E-state index in [0.29, 0.717) is 0 Å². The van der Waals surface area contributed by atoms with E-state index < -0.39 is 11.7 Å². The third kappa shape index (κ3) is 3.86. The zero-order chi connectivity index (χ0) is 14.8. The lowest BCUT2D eigenvalue weighted by Gasteiger charge is -2.11. The van der Waals surface area contributed by atoms with Crippen LogP contribution in [0.3, 0.4) is 0 Å². The lowest BCUT2D eigenvalue weighted by molar-refractivity contribution is -0.137. The van der Waals surface area contributed by atoms with E-state index in [1.807, 2.05) is 12.1 Å². The minimum absolute atomic E-state index is 0.0893. The Morgan fingerprint density at radius 3 is 2.55 bits per heavy atom. The minimum atomic E-state index is -4.49. The van der Waals surface area contributed by atoms with Gasteiger partial charge in [0.05, 0.1) is 5.56 Å². The van der Waals surface area contributed by atoms with Crippen molar-refractivity contribution in [3.05, 3.63) is 57.2 Å². The summed E-state index contributed by atoms with van der Waals surface area (Å²) in [5, 5.41) is -0.262. The molecule has 0 unspecified atom stereocenters. The highest BCUT2D eigenvalue weighted by Crippen LogP contribution is 2.32. The largest absolute Gasteiger partial charge is 0.473 e. The van der Waals surface area contributed by atoms with E-state index in [4.69, 9.17) is 16.3 Å². The van der Waals surface area contributed by atoms with Crippen molar-refractivity contribution in [3.8, 4) is 5.88 Å². The monoisotopic (exact) mass is 365 g/mol. The molecule has 0 N–H and O–H groups in total. The summed E-state index contributed by atoms with van der Waals surface area (Å²) < 4.78 is 43.9.